The zero-order valence-electron chi connectivity index (χ0n) is 9.96. The Balaban J connectivity index is 2.16. The Morgan fingerprint density at radius 1 is 1.50 bits per heavy atom. The molecule has 1 aromatic carbocycles. The SMILES string of the molecule is COc1cc(Br)cc(NCc2cnc(Cl)s2)c1C. The molecule has 96 valence electrons. The molecule has 18 heavy (non-hydrogen) atoms. The van der Waals surface area contributed by atoms with Gasteiger partial charge in [0.15, 0.2) is 4.47 Å². The van der Waals surface area contributed by atoms with Crippen molar-refractivity contribution in [3.63, 3.8) is 0 Å². The normalized spacial score (nSPS) is 10.4. The average molecular weight is 348 g/mol. The lowest BCUT2D eigenvalue weighted by atomic mass is 10.2. The van der Waals surface area contributed by atoms with Gasteiger partial charge in [-0.15, -0.1) is 11.3 Å². The van der Waals surface area contributed by atoms with Gasteiger partial charge in [0, 0.05) is 26.8 Å². The Morgan fingerprint density at radius 3 is 2.89 bits per heavy atom. The van der Waals surface area contributed by atoms with Crippen LogP contribution in [0.25, 0.3) is 0 Å². The lowest BCUT2D eigenvalue weighted by Crippen LogP contribution is -2.01. The minimum atomic E-state index is 0.565. The van der Waals surface area contributed by atoms with Crippen molar-refractivity contribution >= 4 is 44.6 Å². The van der Waals surface area contributed by atoms with E-state index in [4.69, 9.17) is 16.3 Å². The van der Waals surface area contributed by atoms with Crippen LogP contribution in [-0.2, 0) is 6.54 Å². The van der Waals surface area contributed by atoms with Crippen LogP contribution < -0.4 is 10.1 Å². The third kappa shape index (κ3) is 3.16. The standard InChI is InChI=1S/C12H12BrClN2OS/c1-7-10(3-8(13)4-11(7)17-2)15-5-9-6-16-12(14)18-9/h3-4,6,15H,5H2,1-2H3. The minimum absolute atomic E-state index is 0.565. The van der Waals surface area contributed by atoms with Crippen molar-refractivity contribution in [1.82, 2.24) is 4.98 Å². The smallest absolute Gasteiger partial charge is 0.183 e. The number of hydrogen-bond donors (Lipinski definition) is 1. The van der Waals surface area contributed by atoms with Crippen LogP contribution in [0.3, 0.4) is 0 Å². The van der Waals surface area contributed by atoms with Crippen molar-refractivity contribution in [2.45, 2.75) is 13.5 Å². The second-order valence-electron chi connectivity index (χ2n) is 3.71. The van der Waals surface area contributed by atoms with Gasteiger partial charge in [0.25, 0.3) is 0 Å². The van der Waals surface area contributed by atoms with E-state index in [1.807, 2.05) is 19.1 Å². The van der Waals surface area contributed by atoms with Crippen molar-refractivity contribution in [2.24, 2.45) is 0 Å². The third-order valence-electron chi connectivity index (χ3n) is 2.52. The second kappa shape index (κ2) is 5.91. The molecule has 0 radical (unpaired) electrons. The molecule has 0 saturated carbocycles. The summed E-state index contributed by atoms with van der Waals surface area (Å²) in [4.78, 5) is 5.11. The molecule has 6 heteroatoms. The molecule has 0 saturated heterocycles. The predicted molar refractivity (Wildman–Crippen MR) is 79.9 cm³/mol. The average Bonchev–Trinajstić information content (AvgIpc) is 2.75. The summed E-state index contributed by atoms with van der Waals surface area (Å²) < 4.78 is 6.87. The van der Waals surface area contributed by atoms with Gasteiger partial charge in [0.1, 0.15) is 5.75 Å². The number of ether oxygens (including phenoxy) is 1. The Labute approximate surface area is 123 Å². The first-order valence-corrected chi connectivity index (χ1v) is 7.27. The molecule has 0 fully saturated rings. The number of benzene rings is 1. The molecule has 1 heterocycles. The van der Waals surface area contributed by atoms with Crippen LogP contribution in [0, 0.1) is 6.92 Å². The van der Waals surface area contributed by atoms with Gasteiger partial charge in [0.05, 0.1) is 13.7 Å². The quantitative estimate of drug-likeness (QED) is 0.885. The van der Waals surface area contributed by atoms with E-state index in [1.165, 1.54) is 11.3 Å². The minimum Gasteiger partial charge on any atom is -0.496 e. The van der Waals surface area contributed by atoms with Crippen molar-refractivity contribution in [3.05, 3.63) is 37.7 Å². The number of aromatic nitrogens is 1. The van der Waals surface area contributed by atoms with E-state index in [1.54, 1.807) is 13.3 Å². The van der Waals surface area contributed by atoms with E-state index in [9.17, 15) is 0 Å². The maximum absolute atomic E-state index is 5.80. The molecule has 0 aliphatic rings. The fraction of sp³-hybridized carbons (Fsp3) is 0.250. The van der Waals surface area contributed by atoms with E-state index in [0.29, 0.717) is 11.0 Å². The highest BCUT2D eigenvalue weighted by Gasteiger charge is 2.07. The molecule has 0 amide bonds. The first-order chi connectivity index (χ1) is 8.60. The predicted octanol–water partition coefficient (Wildman–Crippen LogP) is 4.49. The van der Waals surface area contributed by atoms with Gasteiger partial charge in [-0.1, -0.05) is 27.5 Å². The van der Waals surface area contributed by atoms with Gasteiger partial charge in [0.2, 0.25) is 0 Å². The third-order valence-corrected chi connectivity index (χ3v) is 4.10. The number of halogens is 2. The number of anilines is 1. The summed E-state index contributed by atoms with van der Waals surface area (Å²) in [6.07, 6.45) is 1.78. The molecule has 0 aliphatic carbocycles. The van der Waals surface area contributed by atoms with Crippen LogP contribution in [0.2, 0.25) is 4.47 Å². The summed E-state index contributed by atoms with van der Waals surface area (Å²) in [7, 11) is 1.67. The molecule has 1 aromatic heterocycles. The summed E-state index contributed by atoms with van der Waals surface area (Å²) in [5, 5.41) is 3.36. The number of methoxy groups -OCH3 is 1. The molecule has 3 nitrogen and oxygen atoms in total. The maximum Gasteiger partial charge on any atom is 0.183 e. The molecule has 0 atom stereocenters. The van der Waals surface area contributed by atoms with E-state index in [2.05, 4.69) is 26.2 Å². The van der Waals surface area contributed by atoms with Crippen LogP contribution in [0.15, 0.2) is 22.8 Å². The van der Waals surface area contributed by atoms with Gasteiger partial charge >= 0.3 is 0 Å². The fourth-order valence-corrected chi connectivity index (χ4v) is 2.95. The summed E-state index contributed by atoms with van der Waals surface area (Å²) in [5.41, 5.74) is 2.11. The summed E-state index contributed by atoms with van der Waals surface area (Å²) in [5.74, 6) is 0.856. The van der Waals surface area contributed by atoms with Gasteiger partial charge in [-0.2, -0.15) is 0 Å². The van der Waals surface area contributed by atoms with Crippen LogP contribution >= 0.6 is 38.9 Å². The van der Waals surface area contributed by atoms with Gasteiger partial charge in [-0.3, -0.25) is 0 Å². The first-order valence-electron chi connectivity index (χ1n) is 5.28. The maximum atomic E-state index is 5.80. The Kier molecular flexibility index (Phi) is 4.48. The van der Waals surface area contributed by atoms with E-state index in [-0.39, 0.29) is 0 Å². The van der Waals surface area contributed by atoms with Crippen LogP contribution in [0.4, 0.5) is 5.69 Å². The molecule has 0 bridgehead atoms. The number of thiazole rings is 1. The highest BCUT2D eigenvalue weighted by atomic mass is 79.9. The Bertz CT molecular complexity index is 559. The summed E-state index contributed by atoms with van der Waals surface area (Å²) in [6, 6.07) is 3.98. The largest absolute Gasteiger partial charge is 0.496 e. The molecule has 2 aromatic rings. The summed E-state index contributed by atoms with van der Waals surface area (Å²) >= 11 is 10.7. The molecule has 0 spiro atoms. The topological polar surface area (TPSA) is 34.1 Å². The van der Waals surface area contributed by atoms with Crippen molar-refractivity contribution < 1.29 is 4.74 Å². The fourth-order valence-electron chi connectivity index (χ4n) is 1.60. The molecule has 0 aliphatic heterocycles. The Morgan fingerprint density at radius 2 is 2.28 bits per heavy atom. The van der Waals surface area contributed by atoms with E-state index in [0.717, 1.165) is 26.4 Å². The van der Waals surface area contributed by atoms with Gasteiger partial charge < -0.3 is 10.1 Å². The number of nitrogens with zero attached hydrogens (tertiary/aromatic N) is 1. The zero-order valence-corrected chi connectivity index (χ0v) is 13.1. The molecular formula is C12H12BrClN2OS. The van der Waals surface area contributed by atoms with Crippen molar-refractivity contribution in [3.8, 4) is 5.75 Å². The highest BCUT2D eigenvalue weighted by Crippen LogP contribution is 2.31. The van der Waals surface area contributed by atoms with Crippen molar-refractivity contribution in [2.75, 3.05) is 12.4 Å². The van der Waals surface area contributed by atoms with Crippen LogP contribution in [-0.4, -0.2) is 12.1 Å². The molecule has 2 rings (SSSR count). The highest BCUT2D eigenvalue weighted by molar-refractivity contribution is 9.10. The van der Waals surface area contributed by atoms with E-state index < -0.39 is 0 Å². The first kappa shape index (κ1) is 13.6. The van der Waals surface area contributed by atoms with Crippen LogP contribution in [0.1, 0.15) is 10.4 Å². The second-order valence-corrected chi connectivity index (χ2v) is 6.33. The van der Waals surface area contributed by atoms with Gasteiger partial charge in [-0.05, 0) is 19.1 Å². The number of hydrogen-bond acceptors (Lipinski definition) is 4. The monoisotopic (exact) mass is 346 g/mol. The number of rotatable bonds is 4. The molecular weight excluding hydrogens is 336 g/mol. The molecule has 1 N–H and O–H groups in total. The van der Waals surface area contributed by atoms with E-state index >= 15 is 0 Å². The molecule has 0 unspecified atom stereocenters. The lowest BCUT2D eigenvalue weighted by Gasteiger charge is -2.12. The lowest BCUT2D eigenvalue weighted by molar-refractivity contribution is 0.411. The van der Waals surface area contributed by atoms with Crippen LogP contribution in [0.5, 0.6) is 5.75 Å². The Hall–Kier alpha value is -0.780. The van der Waals surface area contributed by atoms with Gasteiger partial charge in [-0.25, -0.2) is 4.98 Å². The van der Waals surface area contributed by atoms with Crippen molar-refractivity contribution in [1.29, 1.82) is 0 Å². The number of nitrogens with one attached hydrogen (secondary N) is 1. The summed E-state index contributed by atoms with van der Waals surface area (Å²) in [6.45, 7) is 2.72. The zero-order chi connectivity index (χ0) is 13.1.